The van der Waals surface area contributed by atoms with E-state index in [9.17, 15) is 9.90 Å². The molecule has 0 spiro atoms. The molecule has 0 fully saturated rings. The molecule has 6 nitrogen and oxygen atoms in total. The topological polar surface area (TPSA) is 73.6 Å². The number of nitrogens with zero attached hydrogens (tertiary/aromatic N) is 2. The summed E-state index contributed by atoms with van der Waals surface area (Å²) in [4.78, 5) is 15.8. The third kappa shape index (κ3) is 5.19. The second-order valence-corrected chi connectivity index (χ2v) is 13.1. The molecule has 142 valence electrons. The van der Waals surface area contributed by atoms with Gasteiger partial charge in [-0.1, -0.05) is 19.6 Å². The Morgan fingerprint density at radius 1 is 1.38 bits per heavy atom. The lowest BCUT2D eigenvalue weighted by Gasteiger charge is -2.15. The van der Waals surface area contributed by atoms with Crippen LogP contribution in [-0.2, 0) is 16.3 Å². The van der Waals surface area contributed by atoms with Crippen LogP contribution in [0.1, 0.15) is 19.4 Å². The summed E-state index contributed by atoms with van der Waals surface area (Å²) >= 11 is 0. The van der Waals surface area contributed by atoms with Gasteiger partial charge in [0, 0.05) is 38.7 Å². The Labute approximate surface area is 155 Å². The molecule has 0 saturated carbocycles. The Kier molecular flexibility index (Phi) is 6.61. The van der Waals surface area contributed by atoms with Crippen molar-refractivity contribution >= 4 is 30.6 Å². The molecule has 0 atom stereocenters. The van der Waals surface area contributed by atoms with Crippen LogP contribution in [0.4, 0.5) is 0 Å². The molecule has 26 heavy (non-hydrogen) atoms. The van der Waals surface area contributed by atoms with Crippen molar-refractivity contribution in [1.29, 1.82) is 0 Å². The predicted octanol–water partition coefficient (Wildman–Crippen LogP) is 4.24. The maximum Gasteiger partial charge on any atom is 0.156 e. The number of allylic oxidation sites excluding steroid dienone is 1. The van der Waals surface area contributed by atoms with E-state index in [4.69, 9.17) is 9.47 Å². The van der Waals surface area contributed by atoms with E-state index >= 15 is 0 Å². The Hall–Kier alpha value is -2.12. The van der Waals surface area contributed by atoms with Gasteiger partial charge in [0.1, 0.15) is 23.9 Å². The van der Waals surface area contributed by atoms with Crippen LogP contribution < -0.4 is 4.74 Å². The first-order valence-corrected chi connectivity index (χ1v) is 12.5. The molecule has 0 amide bonds. The van der Waals surface area contributed by atoms with Crippen LogP contribution in [-0.4, -0.2) is 41.7 Å². The molecule has 0 aliphatic heterocycles. The third-order valence-electron chi connectivity index (χ3n) is 3.86. The van der Waals surface area contributed by atoms with Crippen LogP contribution in [0.15, 0.2) is 24.5 Å². The number of hydrogen-bond acceptors (Lipinski definition) is 5. The van der Waals surface area contributed by atoms with Crippen LogP contribution in [0, 0.1) is 0 Å². The zero-order valence-electron chi connectivity index (χ0n) is 16.2. The number of ketones is 1. The highest BCUT2D eigenvalue weighted by atomic mass is 28.3. The molecular weight excluding hydrogens is 348 g/mol. The largest absolute Gasteiger partial charge is 0.507 e. The van der Waals surface area contributed by atoms with E-state index in [2.05, 4.69) is 24.6 Å². The highest BCUT2D eigenvalue weighted by Gasteiger charge is 2.18. The predicted molar refractivity (Wildman–Crippen MR) is 106 cm³/mol. The summed E-state index contributed by atoms with van der Waals surface area (Å²) < 4.78 is 13.3. The highest BCUT2D eigenvalue weighted by molar-refractivity contribution is 6.76. The van der Waals surface area contributed by atoms with Crippen LogP contribution in [0.2, 0.25) is 25.7 Å². The maximum atomic E-state index is 11.4. The molecule has 0 radical (unpaired) electrons. The summed E-state index contributed by atoms with van der Waals surface area (Å²) in [6.07, 6.45) is 4.62. The molecule has 0 aromatic carbocycles. The number of aliphatic hydroxyl groups is 1. The van der Waals surface area contributed by atoms with E-state index in [1.54, 1.807) is 18.5 Å². The minimum atomic E-state index is -1.16. The lowest BCUT2D eigenvalue weighted by molar-refractivity contribution is -0.112. The molecule has 0 unspecified atom stereocenters. The molecule has 0 aliphatic carbocycles. The number of carbonyl (C=O) groups is 1. The van der Waals surface area contributed by atoms with Gasteiger partial charge >= 0.3 is 0 Å². The number of aliphatic hydroxyl groups excluding tert-OH is 1. The van der Waals surface area contributed by atoms with E-state index in [0.717, 1.165) is 6.04 Å². The van der Waals surface area contributed by atoms with E-state index in [1.807, 2.05) is 11.5 Å². The fourth-order valence-electron chi connectivity index (χ4n) is 2.57. The number of aromatic nitrogens is 2. The smallest absolute Gasteiger partial charge is 0.156 e. The van der Waals surface area contributed by atoms with Gasteiger partial charge in [0.05, 0.1) is 12.0 Å². The monoisotopic (exact) mass is 376 g/mol. The summed E-state index contributed by atoms with van der Waals surface area (Å²) in [6.45, 7) is 11.7. The summed E-state index contributed by atoms with van der Waals surface area (Å²) in [7, 11) is -1.16. The fraction of sp³-hybridized carbons (Fsp3) is 0.474. The Bertz CT molecular complexity index is 806. The van der Waals surface area contributed by atoms with Crippen LogP contribution >= 0.6 is 0 Å². The average molecular weight is 377 g/mol. The van der Waals surface area contributed by atoms with Gasteiger partial charge in [0.15, 0.2) is 5.78 Å². The lowest BCUT2D eigenvalue weighted by Crippen LogP contribution is -2.22. The van der Waals surface area contributed by atoms with Gasteiger partial charge in [0.2, 0.25) is 0 Å². The quantitative estimate of drug-likeness (QED) is 0.307. The van der Waals surface area contributed by atoms with Gasteiger partial charge in [-0.25, -0.2) is 4.98 Å². The second-order valence-electron chi connectivity index (χ2n) is 7.44. The van der Waals surface area contributed by atoms with E-state index < -0.39 is 8.07 Å². The fourth-order valence-corrected chi connectivity index (χ4v) is 3.32. The normalized spacial score (nSPS) is 12.6. The summed E-state index contributed by atoms with van der Waals surface area (Å²) in [5.74, 6) is 0.297. The van der Waals surface area contributed by atoms with Crippen LogP contribution in [0.25, 0.3) is 16.8 Å². The molecule has 0 aliphatic rings. The third-order valence-corrected chi connectivity index (χ3v) is 5.57. The molecule has 1 N–H and O–H groups in total. The van der Waals surface area contributed by atoms with Crippen molar-refractivity contribution in [2.45, 2.75) is 46.3 Å². The highest BCUT2D eigenvalue weighted by Crippen LogP contribution is 2.32. The van der Waals surface area contributed by atoms with Gasteiger partial charge in [0.25, 0.3) is 0 Å². The number of ether oxygens (including phenoxy) is 2. The number of fused-ring (bicyclic) bond motifs is 1. The van der Waals surface area contributed by atoms with Crippen molar-refractivity contribution in [1.82, 2.24) is 9.55 Å². The zero-order valence-corrected chi connectivity index (χ0v) is 17.2. The Balaban J connectivity index is 2.39. The van der Waals surface area contributed by atoms with Crippen molar-refractivity contribution in [3.63, 3.8) is 0 Å². The molecule has 2 rings (SSSR count). The molecule has 2 aromatic rings. The van der Waals surface area contributed by atoms with Crippen molar-refractivity contribution < 1.29 is 19.4 Å². The minimum Gasteiger partial charge on any atom is -0.507 e. The number of pyridine rings is 1. The average Bonchev–Trinajstić information content (AvgIpc) is 2.90. The number of rotatable bonds is 9. The molecule has 0 bridgehead atoms. The summed E-state index contributed by atoms with van der Waals surface area (Å²) in [6, 6.07) is 2.83. The number of hydrogen-bond donors (Lipinski definition) is 1. The SMILES string of the molecule is CCOc1ccnc2c1c(/C(O)=C/C(C)=O)cn2COCC[Si](C)(C)C. The molecule has 2 heterocycles. The van der Waals surface area contributed by atoms with E-state index in [-0.39, 0.29) is 11.5 Å². The zero-order chi connectivity index (χ0) is 19.3. The number of carbonyl (C=O) groups excluding carboxylic acids is 1. The minimum absolute atomic E-state index is 0.0997. The first-order valence-electron chi connectivity index (χ1n) is 8.83. The van der Waals surface area contributed by atoms with Crippen molar-refractivity contribution in [2.24, 2.45) is 0 Å². The lowest BCUT2D eigenvalue weighted by atomic mass is 10.1. The van der Waals surface area contributed by atoms with Gasteiger partial charge in [-0.2, -0.15) is 0 Å². The Morgan fingerprint density at radius 2 is 2.12 bits per heavy atom. The van der Waals surface area contributed by atoms with Gasteiger partial charge in [-0.15, -0.1) is 0 Å². The van der Waals surface area contributed by atoms with Crippen LogP contribution in [0.3, 0.4) is 0 Å². The molecule has 7 heteroatoms. The van der Waals surface area contributed by atoms with Gasteiger partial charge in [-0.05, 0) is 26.0 Å². The molecule has 2 aromatic heterocycles. The van der Waals surface area contributed by atoms with E-state index in [0.29, 0.717) is 42.3 Å². The van der Waals surface area contributed by atoms with Crippen molar-refractivity contribution in [2.75, 3.05) is 13.2 Å². The summed E-state index contributed by atoms with van der Waals surface area (Å²) in [5.41, 5.74) is 1.17. The Morgan fingerprint density at radius 3 is 2.73 bits per heavy atom. The van der Waals surface area contributed by atoms with E-state index in [1.165, 1.54) is 13.0 Å². The second kappa shape index (κ2) is 8.51. The van der Waals surface area contributed by atoms with Crippen molar-refractivity contribution in [3.05, 3.63) is 30.1 Å². The van der Waals surface area contributed by atoms with Crippen LogP contribution in [0.5, 0.6) is 5.75 Å². The maximum absolute atomic E-state index is 11.4. The first-order chi connectivity index (χ1) is 12.2. The first kappa shape index (κ1) is 20.2. The van der Waals surface area contributed by atoms with Gasteiger partial charge in [-0.3, -0.25) is 4.79 Å². The van der Waals surface area contributed by atoms with Crippen molar-refractivity contribution in [3.8, 4) is 5.75 Å². The molecule has 0 saturated heterocycles. The summed E-state index contributed by atoms with van der Waals surface area (Å²) in [5, 5.41) is 11.1. The van der Waals surface area contributed by atoms with Gasteiger partial charge < -0.3 is 19.1 Å². The molecular formula is C19H28N2O4Si. The standard InChI is InChI=1S/C19H28N2O4Si/c1-6-25-17-7-8-20-19-18(17)15(16(23)11-14(2)22)12-21(19)13-24-9-10-26(3,4)5/h7-8,11-12,23H,6,9-10,13H2,1-5H3/b16-11-.